The van der Waals surface area contributed by atoms with Crippen molar-refractivity contribution < 1.29 is 9.60 Å². The molecule has 0 fully saturated rings. The Kier molecular flexibility index (Phi) is 6.59. The van der Waals surface area contributed by atoms with Gasteiger partial charge in [-0.3, -0.25) is 0 Å². The quantitative estimate of drug-likeness (QED) is 0.156. The molecule has 2 heteroatoms. The lowest BCUT2D eigenvalue weighted by Crippen LogP contribution is -2.28. The van der Waals surface area contributed by atoms with Gasteiger partial charge in [0.1, 0.15) is 0 Å². The van der Waals surface area contributed by atoms with Crippen LogP contribution in [0.3, 0.4) is 0 Å². The van der Waals surface area contributed by atoms with Crippen molar-refractivity contribution in [3.63, 3.8) is 0 Å². The van der Waals surface area contributed by atoms with Gasteiger partial charge in [0, 0.05) is 33.2 Å². The summed E-state index contributed by atoms with van der Waals surface area (Å²) in [6.45, 7) is 0. The Morgan fingerprint density at radius 3 is 1.69 bits per heavy atom. The van der Waals surface area contributed by atoms with Crippen LogP contribution in [0, 0.1) is 0 Å². The van der Waals surface area contributed by atoms with Crippen LogP contribution in [0.25, 0.3) is 60.5 Å². The highest BCUT2D eigenvalue weighted by atomic mass is 15.1. The van der Waals surface area contributed by atoms with Crippen molar-refractivity contribution in [3.8, 4) is 27.9 Å². The number of anilines is 3. The summed E-state index contributed by atoms with van der Waals surface area (Å²) >= 11 is 0. The zero-order chi connectivity index (χ0) is 46.4. The van der Waals surface area contributed by atoms with Gasteiger partial charge < -0.3 is 9.47 Å². The fourth-order valence-corrected chi connectivity index (χ4v) is 9.76. The van der Waals surface area contributed by atoms with E-state index in [9.17, 15) is 2.74 Å². The lowest BCUT2D eigenvalue weighted by atomic mass is 9.67. The molecule has 0 amide bonds. The van der Waals surface area contributed by atoms with Crippen LogP contribution in [0.4, 0.5) is 17.1 Å². The summed E-state index contributed by atoms with van der Waals surface area (Å²) in [6, 6.07) is 66.2. The number of aromatic nitrogens is 1. The van der Waals surface area contributed by atoms with Gasteiger partial charge in [-0.25, -0.2) is 0 Å². The number of para-hydroxylation sites is 1. The molecule has 61 heavy (non-hydrogen) atoms. The minimum Gasteiger partial charge on any atom is -0.310 e. The largest absolute Gasteiger partial charge is 0.310 e. The number of hydrogen-bond donors (Lipinski definition) is 0. The molecule has 0 radical (unpaired) electrons. The molecule has 0 N–H and O–H groups in total. The summed E-state index contributed by atoms with van der Waals surface area (Å²) in [7, 11) is 0. The van der Waals surface area contributed by atoms with Crippen molar-refractivity contribution in [1.82, 2.24) is 4.57 Å². The van der Waals surface area contributed by atoms with Crippen molar-refractivity contribution in [1.29, 1.82) is 0 Å². The Morgan fingerprint density at radius 2 is 0.967 bits per heavy atom. The second-order valence-electron chi connectivity index (χ2n) is 15.5. The zero-order valence-electron chi connectivity index (χ0n) is 39.9. The highest BCUT2D eigenvalue weighted by molar-refractivity contribution is 6.12. The molecular weight excluding hydrogens is 737 g/mol. The summed E-state index contributed by atoms with van der Waals surface area (Å²) in [5.41, 5.74) is 12.6. The summed E-state index contributed by atoms with van der Waals surface area (Å²) in [5, 5.41) is 1.80. The van der Waals surface area contributed by atoms with Crippen LogP contribution in [0.15, 0.2) is 242 Å². The third-order valence-corrected chi connectivity index (χ3v) is 12.4. The molecule has 0 atom stereocenters. The maximum atomic E-state index is 9.57. The van der Waals surface area contributed by atoms with E-state index in [2.05, 4.69) is 126 Å². The smallest absolute Gasteiger partial charge is 0.0713 e. The van der Waals surface area contributed by atoms with Gasteiger partial charge >= 0.3 is 0 Å². The molecule has 1 aliphatic rings. The van der Waals surface area contributed by atoms with Gasteiger partial charge in [0.05, 0.1) is 31.7 Å². The van der Waals surface area contributed by atoms with Crippen molar-refractivity contribution in [2.24, 2.45) is 0 Å². The molecule has 0 bridgehead atoms. The van der Waals surface area contributed by atoms with E-state index in [-0.39, 0.29) is 28.5 Å². The molecule has 11 aromatic rings. The van der Waals surface area contributed by atoms with E-state index in [1.807, 2.05) is 83.8 Å². The first kappa shape index (κ1) is 28.5. The summed E-state index contributed by atoms with van der Waals surface area (Å²) in [6.07, 6.45) is 0. The molecule has 1 aliphatic carbocycles. The number of benzene rings is 10. The van der Waals surface area contributed by atoms with Crippen LogP contribution >= 0.6 is 0 Å². The first-order valence-electron chi connectivity index (χ1n) is 24.0. The Bertz CT molecular complexity index is 3760. The van der Waals surface area contributed by atoms with Gasteiger partial charge in [-0.15, -0.1) is 0 Å². The van der Waals surface area contributed by atoms with E-state index < -0.39 is 35.6 Å². The monoisotopic (exact) mass is 783 g/mol. The molecule has 10 aromatic carbocycles. The Labute approximate surface area is 365 Å². The molecule has 2 nitrogen and oxygen atoms in total. The highest BCUT2D eigenvalue weighted by Crippen LogP contribution is 2.56. The van der Waals surface area contributed by atoms with Crippen LogP contribution in [0.5, 0.6) is 0 Å². The second-order valence-corrected chi connectivity index (χ2v) is 15.5. The van der Waals surface area contributed by atoms with Crippen LogP contribution in [0.1, 0.15) is 31.8 Å². The number of hydrogen-bond acceptors (Lipinski definition) is 1. The summed E-state index contributed by atoms with van der Waals surface area (Å²) in [5.74, 6) is 0. The first-order valence-corrected chi connectivity index (χ1v) is 20.5. The van der Waals surface area contributed by atoms with Crippen LogP contribution in [0.2, 0.25) is 0 Å². The van der Waals surface area contributed by atoms with Gasteiger partial charge in [-0.05, 0) is 111 Å². The fourth-order valence-electron chi connectivity index (χ4n) is 9.76. The van der Waals surface area contributed by atoms with Crippen LogP contribution in [-0.2, 0) is 5.41 Å². The standard InChI is InChI=1S/C59H40N2/c1-4-17-41(18-5-1)42-31-34-47(35-32-42)60(56-30-16-20-43-19-10-11-25-49(43)56)48-36-38-58-53(40-48)52-39-45(33-37-57(52)61(58)46-23-8-3-9-24-46)59(44-21-6-2-7-22-44)54-28-14-12-26-50(54)51-27-13-15-29-55(51)59/h1-40H/i10D,11D,16D,19D,20D,25D,30D. The Hall–Kier alpha value is -7.94. The van der Waals surface area contributed by atoms with Crippen LogP contribution in [-0.4, -0.2) is 4.57 Å². The predicted octanol–water partition coefficient (Wildman–Crippen LogP) is 15.4. The van der Waals surface area contributed by atoms with Crippen molar-refractivity contribution >= 4 is 49.6 Å². The lowest BCUT2D eigenvalue weighted by molar-refractivity contribution is 0.770. The van der Waals surface area contributed by atoms with E-state index in [0.717, 1.165) is 49.7 Å². The highest BCUT2D eigenvalue weighted by Gasteiger charge is 2.46. The molecule has 0 spiro atoms. The molecule has 0 saturated carbocycles. The first-order chi connectivity index (χ1) is 33.2. The predicted molar refractivity (Wildman–Crippen MR) is 256 cm³/mol. The Balaban J connectivity index is 1.18. The second kappa shape index (κ2) is 14.1. The van der Waals surface area contributed by atoms with Crippen molar-refractivity contribution in [2.75, 3.05) is 4.90 Å². The maximum absolute atomic E-state index is 9.57. The number of nitrogens with zero attached hydrogens (tertiary/aromatic N) is 2. The van der Waals surface area contributed by atoms with E-state index in [4.69, 9.17) is 6.85 Å². The van der Waals surface area contributed by atoms with E-state index in [1.54, 1.807) is 0 Å². The normalized spacial score (nSPS) is 14.3. The number of rotatable bonds is 7. The molecule has 0 unspecified atom stereocenters. The van der Waals surface area contributed by atoms with E-state index in [0.29, 0.717) is 11.4 Å². The molecule has 0 aliphatic heterocycles. The van der Waals surface area contributed by atoms with Gasteiger partial charge in [0.15, 0.2) is 0 Å². The minimum absolute atomic E-state index is 0.00611. The minimum atomic E-state index is -0.654. The van der Waals surface area contributed by atoms with Crippen LogP contribution < -0.4 is 4.90 Å². The number of fused-ring (bicyclic) bond motifs is 7. The maximum Gasteiger partial charge on any atom is 0.0713 e. The SMILES string of the molecule is [2H]c1c([2H])c([2H])c2c(N(c3ccc(-c4ccccc4)cc3)c3ccc4c(c3)c3cc(C5(c6ccccc6)c6ccccc6-c6ccccc65)ccc3n4-c3ccccc3)c([2H])c([2H])c([2H])c2c1[2H]. The average Bonchev–Trinajstić information content (AvgIpc) is 3.88. The molecule has 1 aromatic heterocycles. The summed E-state index contributed by atoms with van der Waals surface area (Å²) < 4.78 is 65.5. The fraction of sp³-hybridized carbons (Fsp3) is 0.0169. The van der Waals surface area contributed by atoms with Crippen molar-refractivity contribution in [3.05, 3.63) is 265 Å². The van der Waals surface area contributed by atoms with E-state index in [1.165, 1.54) is 22.3 Å². The lowest BCUT2D eigenvalue weighted by Gasteiger charge is -2.34. The molecule has 0 saturated heterocycles. The average molecular weight is 784 g/mol. The van der Waals surface area contributed by atoms with Crippen molar-refractivity contribution in [2.45, 2.75) is 5.41 Å². The van der Waals surface area contributed by atoms with Gasteiger partial charge in [-0.2, -0.15) is 0 Å². The van der Waals surface area contributed by atoms with Gasteiger partial charge in [0.2, 0.25) is 0 Å². The van der Waals surface area contributed by atoms with Gasteiger partial charge in [-0.1, -0.05) is 182 Å². The Morgan fingerprint density at radius 1 is 0.410 bits per heavy atom. The summed E-state index contributed by atoms with van der Waals surface area (Å²) in [4.78, 5) is 1.82. The third kappa shape index (κ3) is 5.43. The molecule has 1 heterocycles. The molecule has 286 valence electrons. The van der Waals surface area contributed by atoms with E-state index >= 15 is 0 Å². The molecule has 12 rings (SSSR count). The zero-order valence-corrected chi connectivity index (χ0v) is 32.9. The third-order valence-electron chi connectivity index (χ3n) is 12.4. The topological polar surface area (TPSA) is 8.17 Å². The molecular formula is C59H40N2. The van der Waals surface area contributed by atoms with Gasteiger partial charge in [0.25, 0.3) is 0 Å².